The van der Waals surface area contributed by atoms with Crippen LogP contribution in [0.3, 0.4) is 0 Å². The molecule has 3 aromatic rings. The van der Waals surface area contributed by atoms with Gasteiger partial charge in [-0.25, -0.2) is 4.98 Å². The standard InChI is InChI=1S/C16H12BrNO2S/c1-10-6-12(17)7-11(8-19)16(10)20-9-15-18-13-4-2-3-5-14(13)21-15/h2-8H,9H2,1H3. The van der Waals surface area contributed by atoms with Crippen molar-refractivity contribution in [2.24, 2.45) is 0 Å². The number of aldehydes is 1. The maximum absolute atomic E-state index is 11.2. The molecule has 0 bridgehead atoms. The van der Waals surface area contributed by atoms with E-state index in [4.69, 9.17) is 4.74 Å². The van der Waals surface area contributed by atoms with Crippen LogP contribution in [0.15, 0.2) is 40.9 Å². The molecule has 0 atom stereocenters. The molecule has 0 amide bonds. The van der Waals surface area contributed by atoms with Crippen molar-refractivity contribution in [2.75, 3.05) is 0 Å². The number of thiazole rings is 1. The van der Waals surface area contributed by atoms with Gasteiger partial charge < -0.3 is 4.74 Å². The molecule has 1 aromatic heterocycles. The van der Waals surface area contributed by atoms with Crippen molar-refractivity contribution in [1.82, 2.24) is 4.98 Å². The second-order valence-electron chi connectivity index (χ2n) is 4.62. The van der Waals surface area contributed by atoms with Crippen molar-refractivity contribution in [3.05, 3.63) is 57.0 Å². The van der Waals surface area contributed by atoms with E-state index in [0.29, 0.717) is 17.9 Å². The fourth-order valence-electron chi connectivity index (χ4n) is 2.16. The van der Waals surface area contributed by atoms with Gasteiger partial charge in [0.15, 0.2) is 6.29 Å². The molecule has 0 aliphatic heterocycles. The maximum atomic E-state index is 11.2. The van der Waals surface area contributed by atoms with Crippen molar-refractivity contribution in [3.63, 3.8) is 0 Å². The smallest absolute Gasteiger partial charge is 0.153 e. The molecule has 1 heterocycles. The van der Waals surface area contributed by atoms with Crippen molar-refractivity contribution in [2.45, 2.75) is 13.5 Å². The van der Waals surface area contributed by atoms with Gasteiger partial charge in [0.05, 0.1) is 15.8 Å². The number of aromatic nitrogens is 1. The minimum atomic E-state index is 0.364. The van der Waals surface area contributed by atoms with Crippen LogP contribution >= 0.6 is 27.3 Å². The lowest BCUT2D eigenvalue weighted by Crippen LogP contribution is -2.00. The van der Waals surface area contributed by atoms with Crippen molar-refractivity contribution < 1.29 is 9.53 Å². The maximum Gasteiger partial charge on any atom is 0.153 e. The summed E-state index contributed by atoms with van der Waals surface area (Å²) >= 11 is 4.99. The van der Waals surface area contributed by atoms with Crippen molar-refractivity contribution in [1.29, 1.82) is 0 Å². The molecule has 106 valence electrons. The predicted octanol–water partition coefficient (Wildman–Crippen LogP) is 4.76. The number of aryl methyl sites for hydroxylation is 1. The molecule has 3 nitrogen and oxygen atoms in total. The Balaban J connectivity index is 1.86. The Kier molecular flexibility index (Phi) is 4.03. The molecule has 3 rings (SSSR count). The number of fused-ring (bicyclic) bond motifs is 1. The highest BCUT2D eigenvalue weighted by atomic mass is 79.9. The Hall–Kier alpha value is -1.72. The number of carbonyl (C=O) groups excluding carboxylic acids is 1. The molecule has 0 saturated carbocycles. The van der Waals surface area contributed by atoms with Crippen LogP contribution in [0, 0.1) is 6.92 Å². The molecule has 0 spiro atoms. The van der Waals surface area contributed by atoms with Gasteiger partial charge in [-0.1, -0.05) is 28.1 Å². The van der Waals surface area contributed by atoms with Crippen LogP contribution in [0.2, 0.25) is 0 Å². The van der Waals surface area contributed by atoms with Gasteiger partial charge in [-0.05, 0) is 36.8 Å². The lowest BCUT2D eigenvalue weighted by Gasteiger charge is -2.10. The number of rotatable bonds is 4. The summed E-state index contributed by atoms with van der Waals surface area (Å²) in [5, 5.41) is 0.898. The molecule has 5 heteroatoms. The third kappa shape index (κ3) is 2.99. The average Bonchev–Trinajstić information content (AvgIpc) is 2.88. The molecule has 0 N–H and O–H groups in total. The highest BCUT2D eigenvalue weighted by molar-refractivity contribution is 9.10. The number of hydrogen-bond acceptors (Lipinski definition) is 4. The van der Waals surface area contributed by atoms with E-state index in [-0.39, 0.29) is 0 Å². The molecular formula is C16H12BrNO2S. The monoisotopic (exact) mass is 361 g/mol. The number of carbonyl (C=O) groups is 1. The third-order valence-corrected chi connectivity index (χ3v) is 4.54. The van der Waals surface area contributed by atoms with Gasteiger partial charge in [0.1, 0.15) is 17.4 Å². The van der Waals surface area contributed by atoms with Crippen LogP contribution in [0.4, 0.5) is 0 Å². The Morgan fingerprint density at radius 1 is 1.33 bits per heavy atom. The van der Waals surface area contributed by atoms with E-state index in [2.05, 4.69) is 20.9 Å². The zero-order valence-electron chi connectivity index (χ0n) is 11.3. The molecule has 0 aliphatic rings. The summed E-state index contributed by atoms with van der Waals surface area (Å²) in [6.45, 7) is 2.29. The SMILES string of the molecule is Cc1cc(Br)cc(C=O)c1OCc1nc2ccccc2s1. The molecule has 21 heavy (non-hydrogen) atoms. The van der Waals surface area contributed by atoms with E-state index in [0.717, 1.165) is 31.5 Å². The normalized spacial score (nSPS) is 10.8. The Morgan fingerprint density at radius 3 is 2.90 bits per heavy atom. The Labute approximate surface area is 134 Å². The van der Waals surface area contributed by atoms with E-state index in [1.54, 1.807) is 17.4 Å². The zero-order valence-corrected chi connectivity index (χ0v) is 13.7. The lowest BCUT2D eigenvalue weighted by molar-refractivity contribution is 0.111. The van der Waals surface area contributed by atoms with E-state index < -0.39 is 0 Å². The predicted molar refractivity (Wildman–Crippen MR) is 88.2 cm³/mol. The minimum absolute atomic E-state index is 0.364. The van der Waals surface area contributed by atoms with E-state index in [1.807, 2.05) is 37.3 Å². The quantitative estimate of drug-likeness (QED) is 0.629. The van der Waals surface area contributed by atoms with Crippen LogP contribution < -0.4 is 4.74 Å². The van der Waals surface area contributed by atoms with Crippen LogP contribution in [0.25, 0.3) is 10.2 Å². The number of benzene rings is 2. The molecule has 2 aromatic carbocycles. The minimum Gasteiger partial charge on any atom is -0.485 e. The first-order valence-corrected chi connectivity index (χ1v) is 8.01. The fourth-order valence-corrected chi connectivity index (χ4v) is 3.63. The van der Waals surface area contributed by atoms with Gasteiger partial charge in [0.2, 0.25) is 0 Å². The largest absolute Gasteiger partial charge is 0.485 e. The van der Waals surface area contributed by atoms with E-state index >= 15 is 0 Å². The Morgan fingerprint density at radius 2 is 2.14 bits per heavy atom. The number of hydrogen-bond donors (Lipinski definition) is 0. The summed E-state index contributed by atoms with van der Waals surface area (Å²) in [6, 6.07) is 11.7. The van der Waals surface area contributed by atoms with Crippen molar-refractivity contribution in [3.8, 4) is 5.75 Å². The van der Waals surface area contributed by atoms with Gasteiger partial charge >= 0.3 is 0 Å². The molecular weight excluding hydrogens is 350 g/mol. The van der Waals surface area contributed by atoms with Crippen molar-refractivity contribution >= 4 is 43.8 Å². The first kappa shape index (κ1) is 14.2. The topological polar surface area (TPSA) is 39.2 Å². The highest BCUT2D eigenvalue weighted by Gasteiger charge is 2.10. The molecule has 0 fully saturated rings. The second kappa shape index (κ2) is 5.95. The second-order valence-corrected chi connectivity index (χ2v) is 6.65. The van der Waals surface area contributed by atoms with E-state index in [1.165, 1.54) is 0 Å². The van der Waals surface area contributed by atoms with Crippen LogP contribution in [-0.2, 0) is 6.61 Å². The highest BCUT2D eigenvalue weighted by Crippen LogP contribution is 2.29. The molecule has 0 aliphatic carbocycles. The van der Waals surface area contributed by atoms with Gasteiger partial charge in [0.25, 0.3) is 0 Å². The lowest BCUT2D eigenvalue weighted by atomic mass is 10.1. The van der Waals surface area contributed by atoms with E-state index in [9.17, 15) is 4.79 Å². The van der Waals surface area contributed by atoms with Crippen LogP contribution in [0.5, 0.6) is 5.75 Å². The number of halogens is 1. The number of ether oxygens (including phenoxy) is 1. The zero-order chi connectivity index (χ0) is 14.8. The van der Waals surface area contributed by atoms with Crippen LogP contribution in [0.1, 0.15) is 20.9 Å². The summed E-state index contributed by atoms with van der Waals surface area (Å²) in [5.41, 5.74) is 2.44. The summed E-state index contributed by atoms with van der Waals surface area (Å²) in [4.78, 5) is 15.7. The fraction of sp³-hybridized carbons (Fsp3) is 0.125. The summed E-state index contributed by atoms with van der Waals surface area (Å²) < 4.78 is 7.83. The van der Waals surface area contributed by atoms with Gasteiger partial charge in [-0.15, -0.1) is 11.3 Å². The van der Waals surface area contributed by atoms with Gasteiger partial charge in [-0.2, -0.15) is 0 Å². The summed E-state index contributed by atoms with van der Waals surface area (Å²) in [6.07, 6.45) is 0.811. The Bertz CT molecular complexity index is 780. The van der Waals surface area contributed by atoms with Crippen LogP contribution in [-0.4, -0.2) is 11.3 Å². The summed E-state index contributed by atoms with van der Waals surface area (Å²) in [7, 11) is 0. The first-order valence-electron chi connectivity index (χ1n) is 6.40. The number of para-hydroxylation sites is 1. The molecule has 0 radical (unpaired) electrons. The number of nitrogens with zero attached hydrogens (tertiary/aromatic N) is 1. The molecule has 0 saturated heterocycles. The molecule has 0 unspecified atom stereocenters. The summed E-state index contributed by atoms with van der Waals surface area (Å²) in [5.74, 6) is 0.618. The van der Waals surface area contributed by atoms with Gasteiger partial charge in [0, 0.05) is 4.47 Å². The third-order valence-electron chi connectivity index (χ3n) is 3.07. The van der Waals surface area contributed by atoms with Gasteiger partial charge in [-0.3, -0.25) is 4.79 Å². The average molecular weight is 362 g/mol. The first-order chi connectivity index (χ1) is 10.2.